The number of H-pyrrole nitrogens is 2. The molecule has 1 aromatic carbocycles. The number of fused-ring (bicyclic) bond motifs is 8. The lowest BCUT2D eigenvalue weighted by atomic mass is 9.78. The van der Waals surface area contributed by atoms with Crippen LogP contribution < -0.4 is 5.46 Å². The van der Waals surface area contributed by atoms with Crippen LogP contribution in [0.3, 0.4) is 0 Å². The molecule has 0 radical (unpaired) electrons. The molecule has 0 spiro atoms. The first kappa shape index (κ1) is 23.9. The Bertz CT molecular complexity index is 1810. The van der Waals surface area contributed by atoms with Crippen LogP contribution >= 0.6 is 0 Å². The minimum Gasteiger partial charge on any atom is -0.399 e. The van der Waals surface area contributed by atoms with Gasteiger partial charge in [0.05, 0.1) is 34.0 Å². The molecule has 192 valence electrons. The number of nitrogens with zero attached hydrogens (tertiary/aromatic N) is 2. The van der Waals surface area contributed by atoms with Gasteiger partial charge in [0, 0.05) is 27.6 Å². The highest BCUT2D eigenvalue weighted by molar-refractivity contribution is 6.62. The van der Waals surface area contributed by atoms with E-state index in [1.807, 2.05) is 18.2 Å². The second-order valence-corrected chi connectivity index (χ2v) is 11.3. The first-order chi connectivity index (χ1) is 18.7. The van der Waals surface area contributed by atoms with Gasteiger partial charge in [-0.15, -0.1) is 0 Å². The molecule has 8 bridgehead atoms. The molecule has 0 amide bonds. The number of nitrogens with one attached hydrogen (secondary N) is 2. The highest BCUT2D eigenvalue weighted by Gasteiger charge is 2.51. The first-order valence-electron chi connectivity index (χ1n) is 13.3. The lowest BCUT2D eigenvalue weighted by Crippen LogP contribution is -2.41. The van der Waals surface area contributed by atoms with Gasteiger partial charge in [0.1, 0.15) is 0 Å². The van der Waals surface area contributed by atoms with Crippen LogP contribution in [-0.2, 0) is 9.31 Å². The summed E-state index contributed by atoms with van der Waals surface area (Å²) < 4.78 is 12.5. The fourth-order valence-electron chi connectivity index (χ4n) is 5.10. The number of aromatic amines is 2. The molecule has 1 saturated heterocycles. The van der Waals surface area contributed by atoms with Crippen LogP contribution in [0, 0.1) is 0 Å². The maximum absolute atomic E-state index is 6.27. The Balaban J connectivity index is 1.39. The zero-order valence-corrected chi connectivity index (χ0v) is 22.4. The van der Waals surface area contributed by atoms with E-state index in [-0.39, 0.29) is 11.2 Å². The predicted octanol–water partition coefficient (Wildman–Crippen LogP) is 6.62. The number of benzene rings is 1. The fraction of sp³-hybridized carbons (Fsp3) is 0.188. The van der Waals surface area contributed by atoms with E-state index < -0.39 is 7.12 Å². The summed E-state index contributed by atoms with van der Waals surface area (Å²) in [7, 11) is -0.402. The van der Waals surface area contributed by atoms with E-state index >= 15 is 0 Å². The molecule has 7 heteroatoms. The standard InChI is InChI=1S/C32H29BN4O2/c1-31(2)32(3,4)39-33(38-31)21-7-5-20(6-8-21)30-28-15-13-26(36-28)18-24-11-9-22(34-24)17-23-10-12-25(35-23)19-27-14-16-29(30)37-27/h5-19,34,37H,1-4H3. The van der Waals surface area contributed by atoms with Gasteiger partial charge in [-0.05, 0) is 105 Å². The molecular weight excluding hydrogens is 483 g/mol. The summed E-state index contributed by atoms with van der Waals surface area (Å²) >= 11 is 0. The average molecular weight is 512 g/mol. The van der Waals surface area contributed by atoms with Crippen LogP contribution in [0.5, 0.6) is 0 Å². The van der Waals surface area contributed by atoms with Gasteiger partial charge in [0.2, 0.25) is 0 Å². The summed E-state index contributed by atoms with van der Waals surface area (Å²) in [5.74, 6) is 0. The molecular formula is C32H29BN4O2. The molecule has 0 atom stereocenters. The molecule has 4 aromatic rings. The quantitative estimate of drug-likeness (QED) is 0.256. The second kappa shape index (κ2) is 8.66. The van der Waals surface area contributed by atoms with Crippen molar-refractivity contribution < 1.29 is 9.31 Å². The third kappa shape index (κ3) is 4.34. The van der Waals surface area contributed by atoms with Gasteiger partial charge >= 0.3 is 7.12 Å². The van der Waals surface area contributed by atoms with Crippen molar-refractivity contribution in [2.24, 2.45) is 0 Å². The lowest BCUT2D eigenvalue weighted by molar-refractivity contribution is 0.00578. The van der Waals surface area contributed by atoms with E-state index in [2.05, 4.69) is 110 Å². The topological polar surface area (TPSA) is 75.8 Å². The Labute approximate surface area is 227 Å². The van der Waals surface area contributed by atoms with Crippen molar-refractivity contribution in [2.45, 2.75) is 38.9 Å². The Morgan fingerprint density at radius 2 is 1.15 bits per heavy atom. The SMILES string of the molecule is CC1(C)OB(c2ccc(-c3c4nc(cc5ccc(cc6nc(cc7ccc3[nH]7)C=C6)[nH]5)C=C4)cc2)OC1(C)C. The van der Waals surface area contributed by atoms with E-state index in [0.29, 0.717) is 0 Å². The third-order valence-electron chi connectivity index (χ3n) is 7.94. The normalized spacial score (nSPS) is 17.2. The van der Waals surface area contributed by atoms with Gasteiger partial charge in [-0.3, -0.25) is 0 Å². The van der Waals surface area contributed by atoms with E-state index in [1.165, 1.54) is 0 Å². The third-order valence-corrected chi connectivity index (χ3v) is 7.94. The van der Waals surface area contributed by atoms with Crippen LogP contribution in [0.25, 0.3) is 57.5 Å². The van der Waals surface area contributed by atoms with Gasteiger partial charge in [-0.25, -0.2) is 9.97 Å². The molecule has 6 heterocycles. The zero-order chi connectivity index (χ0) is 26.8. The summed E-state index contributed by atoms with van der Waals surface area (Å²) in [5, 5.41) is 0. The van der Waals surface area contributed by atoms with Gasteiger partial charge < -0.3 is 19.3 Å². The Morgan fingerprint density at radius 1 is 0.615 bits per heavy atom. The smallest absolute Gasteiger partial charge is 0.399 e. The number of aromatic nitrogens is 4. The van der Waals surface area contributed by atoms with Crippen molar-refractivity contribution in [3.05, 3.63) is 89.5 Å². The van der Waals surface area contributed by atoms with Crippen molar-refractivity contribution in [3.8, 4) is 11.1 Å². The molecule has 2 N–H and O–H groups in total. The van der Waals surface area contributed by atoms with Crippen molar-refractivity contribution >= 4 is 59.0 Å². The van der Waals surface area contributed by atoms with E-state index in [0.717, 1.165) is 61.4 Å². The first-order valence-corrected chi connectivity index (χ1v) is 13.3. The summed E-state index contributed by atoms with van der Waals surface area (Å²) in [6.45, 7) is 8.29. The highest BCUT2D eigenvalue weighted by atomic mass is 16.7. The van der Waals surface area contributed by atoms with Crippen LogP contribution in [-0.4, -0.2) is 38.3 Å². The minimum atomic E-state index is -0.402. The summed E-state index contributed by atoms with van der Waals surface area (Å²) in [4.78, 5) is 16.8. The lowest BCUT2D eigenvalue weighted by Gasteiger charge is -2.32. The van der Waals surface area contributed by atoms with Crippen molar-refractivity contribution in [1.82, 2.24) is 19.9 Å². The molecule has 3 aromatic heterocycles. The number of hydrogen-bond acceptors (Lipinski definition) is 4. The van der Waals surface area contributed by atoms with Crippen molar-refractivity contribution in [3.63, 3.8) is 0 Å². The molecule has 0 unspecified atom stereocenters. The summed E-state index contributed by atoms with van der Waals surface area (Å²) in [5.41, 5.74) is 9.88. The van der Waals surface area contributed by atoms with Crippen LogP contribution in [0.1, 0.15) is 50.5 Å². The largest absolute Gasteiger partial charge is 0.494 e. The highest BCUT2D eigenvalue weighted by Crippen LogP contribution is 2.37. The van der Waals surface area contributed by atoms with Gasteiger partial charge in [-0.2, -0.15) is 0 Å². The van der Waals surface area contributed by atoms with Crippen molar-refractivity contribution in [1.29, 1.82) is 0 Å². The van der Waals surface area contributed by atoms with E-state index in [4.69, 9.17) is 19.3 Å². The zero-order valence-electron chi connectivity index (χ0n) is 22.4. The molecule has 0 saturated carbocycles. The fourth-order valence-corrected chi connectivity index (χ4v) is 5.10. The minimum absolute atomic E-state index is 0.382. The maximum atomic E-state index is 6.27. The molecule has 3 aliphatic rings. The Morgan fingerprint density at radius 3 is 1.79 bits per heavy atom. The predicted molar refractivity (Wildman–Crippen MR) is 160 cm³/mol. The Kier molecular flexibility index (Phi) is 5.31. The molecule has 1 fully saturated rings. The van der Waals surface area contributed by atoms with Crippen LogP contribution in [0.15, 0.2) is 66.7 Å². The van der Waals surface area contributed by atoms with E-state index in [9.17, 15) is 0 Å². The van der Waals surface area contributed by atoms with Crippen LogP contribution in [0.2, 0.25) is 0 Å². The van der Waals surface area contributed by atoms with Gasteiger partial charge in [-0.1, -0.05) is 24.3 Å². The maximum Gasteiger partial charge on any atom is 0.494 e. The molecule has 6 nitrogen and oxygen atoms in total. The summed E-state index contributed by atoms with van der Waals surface area (Å²) in [6.07, 6.45) is 8.19. The second-order valence-electron chi connectivity index (χ2n) is 11.3. The van der Waals surface area contributed by atoms with Crippen molar-refractivity contribution in [2.75, 3.05) is 0 Å². The van der Waals surface area contributed by atoms with Gasteiger partial charge in [0.25, 0.3) is 0 Å². The summed E-state index contributed by atoms with van der Waals surface area (Å²) in [6, 6.07) is 22.9. The molecule has 7 rings (SSSR count). The van der Waals surface area contributed by atoms with Crippen LogP contribution in [0.4, 0.5) is 0 Å². The monoisotopic (exact) mass is 512 g/mol. The number of rotatable bonds is 2. The average Bonchev–Trinajstić information content (AvgIpc) is 3.71. The molecule has 39 heavy (non-hydrogen) atoms. The number of hydrogen-bond donors (Lipinski definition) is 2. The van der Waals surface area contributed by atoms with E-state index in [1.54, 1.807) is 0 Å². The van der Waals surface area contributed by atoms with Gasteiger partial charge in [0.15, 0.2) is 0 Å². The Hall–Kier alpha value is -4.20. The molecule has 0 aliphatic carbocycles. The molecule has 3 aliphatic heterocycles.